The first kappa shape index (κ1) is 12.9. The molecule has 0 aliphatic carbocycles. The van der Waals surface area contributed by atoms with Crippen LogP contribution in [0.15, 0.2) is 18.3 Å². The Kier molecular flexibility index (Phi) is 5.22. The van der Waals surface area contributed by atoms with E-state index in [0.717, 1.165) is 6.42 Å². The van der Waals surface area contributed by atoms with Crippen molar-refractivity contribution in [1.82, 2.24) is 10.3 Å². The van der Waals surface area contributed by atoms with Crippen LogP contribution < -0.4 is 5.32 Å². The number of hydrogen-bond donors (Lipinski definition) is 2. The summed E-state index contributed by atoms with van der Waals surface area (Å²) in [6.45, 7) is 2.03. The molecule has 1 aromatic heterocycles. The lowest BCUT2D eigenvalue weighted by Crippen LogP contribution is -2.33. The van der Waals surface area contributed by atoms with E-state index >= 15 is 0 Å². The molecule has 0 aromatic carbocycles. The second-order valence-corrected chi connectivity index (χ2v) is 4.04. The molecule has 0 bridgehead atoms. The number of aliphatic hydroxyl groups excluding tert-OH is 1. The van der Waals surface area contributed by atoms with Crippen molar-refractivity contribution in [1.29, 1.82) is 0 Å². The zero-order valence-electron chi connectivity index (χ0n) is 9.11. The van der Waals surface area contributed by atoms with Crippen LogP contribution in [0.25, 0.3) is 0 Å². The van der Waals surface area contributed by atoms with Crippen molar-refractivity contribution in [3.05, 3.63) is 29.0 Å². The van der Waals surface area contributed by atoms with Gasteiger partial charge in [-0.3, -0.25) is 4.79 Å². The number of carbonyl (C=O) groups excluding carboxylic acids is 1. The van der Waals surface area contributed by atoms with Gasteiger partial charge in [0.2, 0.25) is 0 Å². The van der Waals surface area contributed by atoms with Gasteiger partial charge in [-0.1, -0.05) is 11.6 Å². The molecule has 0 aliphatic rings. The summed E-state index contributed by atoms with van der Waals surface area (Å²) in [6, 6.07) is 3.23. The predicted molar refractivity (Wildman–Crippen MR) is 62.5 cm³/mol. The molecule has 1 atom stereocenters. The van der Waals surface area contributed by atoms with Gasteiger partial charge in [-0.25, -0.2) is 4.98 Å². The molecule has 1 rings (SSSR count). The van der Waals surface area contributed by atoms with Crippen LogP contribution in [0.2, 0.25) is 5.02 Å². The van der Waals surface area contributed by atoms with Gasteiger partial charge >= 0.3 is 0 Å². The SMILES string of the molecule is CC(CCCO)NC(=O)c1ccc(Cl)cn1. The lowest BCUT2D eigenvalue weighted by Gasteiger charge is -2.12. The monoisotopic (exact) mass is 242 g/mol. The number of amides is 1. The summed E-state index contributed by atoms with van der Waals surface area (Å²) in [6.07, 6.45) is 2.86. The van der Waals surface area contributed by atoms with E-state index in [1.165, 1.54) is 6.20 Å². The summed E-state index contributed by atoms with van der Waals surface area (Å²) in [5, 5.41) is 12.0. The first-order chi connectivity index (χ1) is 7.63. The van der Waals surface area contributed by atoms with Crippen LogP contribution in [0.1, 0.15) is 30.3 Å². The first-order valence-electron chi connectivity index (χ1n) is 5.16. The minimum absolute atomic E-state index is 0.0251. The van der Waals surface area contributed by atoms with Crippen molar-refractivity contribution in [2.24, 2.45) is 0 Å². The maximum atomic E-state index is 11.7. The zero-order valence-corrected chi connectivity index (χ0v) is 9.87. The molecule has 16 heavy (non-hydrogen) atoms. The summed E-state index contributed by atoms with van der Waals surface area (Å²) in [5.74, 6) is -0.220. The number of halogens is 1. The van der Waals surface area contributed by atoms with E-state index in [-0.39, 0.29) is 18.6 Å². The predicted octanol–water partition coefficient (Wildman–Crippen LogP) is 1.63. The topological polar surface area (TPSA) is 62.2 Å². The van der Waals surface area contributed by atoms with Crippen LogP contribution in [-0.4, -0.2) is 28.6 Å². The fraction of sp³-hybridized carbons (Fsp3) is 0.455. The molecular weight excluding hydrogens is 228 g/mol. The molecule has 0 fully saturated rings. The molecule has 1 amide bonds. The lowest BCUT2D eigenvalue weighted by atomic mass is 10.2. The van der Waals surface area contributed by atoms with Crippen LogP contribution in [0.5, 0.6) is 0 Å². The number of aromatic nitrogens is 1. The van der Waals surface area contributed by atoms with Crippen LogP contribution in [0.4, 0.5) is 0 Å². The summed E-state index contributed by atoms with van der Waals surface area (Å²) < 4.78 is 0. The molecule has 1 unspecified atom stereocenters. The molecule has 0 saturated carbocycles. The van der Waals surface area contributed by atoms with Crippen molar-refractivity contribution >= 4 is 17.5 Å². The van der Waals surface area contributed by atoms with Crippen molar-refractivity contribution < 1.29 is 9.90 Å². The number of rotatable bonds is 5. The highest BCUT2D eigenvalue weighted by Crippen LogP contribution is 2.06. The van der Waals surface area contributed by atoms with Gasteiger partial charge in [-0.15, -0.1) is 0 Å². The lowest BCUT2D eigenvalue weighted by molar-refractivity contribution is 0.0931. The Morgan fingerprint density at radius 1 is 1.62 bits per heavy atom. The quantitative estimate of drug-likeness (QED) is 0.825. The van der Waals surface area contributed by atoms with Gasteiger partial charge in [0, 0.05) is 18.8 Å². The smallest absolute Gasteiger partial charge is 0.270 e. The van der Waals surface area contributed by atoms with E-state index < -0.39 is 0 Å². The molecule has 5 heteroatoms. The van der Waals surface area contributed by atoms with E-state index in [2.05, 4.69) is 10.3 Å². The molecule has 0 aliphatic heterocycles. The Hall–Kier alpha value is -1.13. The summed E-state index contributed by atoms with van der Waals surface area (Å²) in [4.78, 5) is 15.6. The van der Waals surface area contributed by atoms with E-state index in [4.69, 9.17) is 16.7 Å². The van der Waals surface area contributed by atoms with Gasteiger partial charge in [0.15, 0.2) is 0 Å². The fourth-order valence-corrected chi connectivity index (χ4v) is 1.39. The first-order valence-corrected chi connectivity index (χ1v) is 5.54. The Bertz CT molecular complexity index is 340. The Morgan fingerprint density at radius 3 is 2.94 bits per heavy atom. The van der Waals surface area contributed by atoms with E-state index in [1.807, 2.05) is 6.92 Å². The van der Waals surface area contributed by atoms with Gasteiger partial charge in [0.05, 0.1) is 5.02 Å². The highest BCUT2D eigenvalue weighted by Gasteiger charge is 2.10. The second kappa shape index (κ2) is 6.45. The number of aliphatic hydroxyl groups is 1. The van der Waals surface area contributed by atoms with Crippen LogP contribution in [0, 0.1) is 0 Å². The average molecular weight is 243 g/mol. The molecule has 0 spiro atoms. The molecule has 88 valence electrons. The number of nitrogens with zero attached hydrogens (tertiary/aromatic N) is 1. The molecule has 1 heterocycles. The van der Waals surface area contributed by atoms with Crippen molar-refractivity contribution in [3.63, 3.8) is 0 Å². The second-order valence-electron chi connectivity index (χ2n) is 3.60. The van der Waals surface area contributed by atoms with E-state index in [0.29, 0.717) is 17.1 Å². The third-order valence-electron chi connectivity index (χ3n) is 2.13. The van der Waals surface area contributed by atoms with Crippen molar-refractivity contribution in [2.75, 3.05) is 6.61 Å². The van der Waals surface area contributed by atoms with Gasteiger partial charge in [0.25, 0.3) is 5.91 Å². The molecule has 1 aromatic rings. The maximum absolute atomic E-state index is 11.7. The summed E-state index contributed by atoms with van der Waals surface area (Å²) >= 11 is 5.67. The standard InChI is InChI=1S/C11H15ClN2O2/c1-8(3-2-6-15)14-11(16)10-5-4-9(12)7-13-10/h4-5,7-8,15H,2-3,6H2,1H3,(H,14,16). The normalized spacial score (nSPS) is 12.2. The van der Waals surface area contributed by atoms with Crippen LogP contribution in [-0.2, 0) is 0 Å². The minimum atomic E-state index is -0.220. The highest BCUT2D eigenvalue weighted by atomic mass is 35.5. The third-order valence-corrected chi connectivity index (χ3v) is 2.36. The summed E-state index contributed by atoms with van der Waals surface area (Å²) in [7, 11) is 0. The fourth-order valence-electron chi connectivity index (χ4n) is 1.28. The molecule has 2 N–H and O–H groups in total. The third kappa shape index (κ3) is 4.16. The van der Waals surface area contributed by atoms with Crippen molar-refractivity contribution in [3.8, 4) is 0 Å². The molecule has 0 saturated heterocycles. The van der Waals surface area contributed by atoms with E-state index in [9.17, 15) is 4.79 Å². The maximum Gasteiger partial charge on any atom is 0.270 e. The number of carbonyl (C=O) groups is 1. The number of hydrogen-bond acceptors (Lipinski definition) is 3. The molecular formula is C11H15ClN2O2. The molecule has 4 nitrogen and oxygen atoms in total. The van der Waals surface area contributed by atoms with E-state index in [1.54, 1.807) is 12.1 Å². The van der Waals surface area contributed by atoms with Crippen LogP contribution in [0.3, 0.4) is 0 Å². The number of nitrogens with one attached hydrogen (secondary N) is 1. The van der Waals surface area contributed by atoms with Crippen LogP contribution >= 0.6 is 11.6 Å². The van der Waals surface area contributed by atoms with Crippen molar-refractivity contribution in [2.45, 2.75) is 25.8 Å². The largest absolute Gasteiger partial charge is 0.396 e. The van der Waals surface area contributed by atoms with Gasteiger partial charge in [0.1, 0.15) is 5.69 Å². The van der Waals surface area contributed by atoms with Gasteiger partial charge < -0.3 is 10.4 Å². The van der Waals surface area contributed by atoms with Gasteiger partial charge in [-0.2, -0.15) is 0 Å². The van der Waals surface area contributed by atoms with Gasteiger partial charge in [-0.05, 0) is 31.9 Å². The summed E-state index contributed by atoms with van der Waals surface area (Å²) in [5.41, 5.74) is 0.347. The molecule has 0 radical (unpaired) electrons. The Balaban J connectivity index is 2.48. The Labute approximate surface area is 99.6 Å². The number of pyridine rings is 1. The highest BCUT2D eigenvalue weighted by molar-refractivity contribution is 6.30. The zero-order chi connectivity index (χ0) is 12.0. The Morgan fingerprint density at radius 2 is 2.38 bits per heavy atom. The average Bonchev–Trinajstić information content (AvgIpc) is 2.27. The minimum Gasteiger partial charge on any atom is -0.396 e.